The van der Waals surface area contributed by atoms with Crippen LogP contribution in [0, 0.1) is 18.3 Å². The number of H-pyrrole nitrogens is 1. The average molecular weight is 189 g/mol. The Hall–Kier alpha value is -1.60. The van der Waals surface area contributed by atoms with Crippen molar-refractivity contribution in [3.05, 3.63) is 28.2 Å². The molecule has 2 rings (SSSR count). The topological polar surface area (TPSA) is 52.5 Å². The minimum absolute atomic E-state index is 0.667. The lowest BCUT2D eigenvalue weighted by Gasteiger charge is -1.89. The Labute approximate surface area is 79.7 Å². The van der Waals surface area contributed by atoms with Crippen LogP contribution in [0.4, 0.5) is 0 Å². The molecular formula is C9H7N3S. The number of nitrogens with one attached hydrogen (secondary N) is 1. The van der Waals surface area contributed by atoms with Crippen LogP contribution in [0.3, 0.4) is 0 Å². The maximum atomic E-state index is 8.84. The normalized spacial score (nSPS) is 9.85. The summed E-state index contributed by atoms with van der Waals surface area (Å²) >= 11 is 1.42. The molecular weight excluding hydrogens is 182 g/mol. The van der Waals surface area contributed by atoms with Crippen molar-refractivity contribution in [1.82, 2.24) is 9.97 Å². The number of nitrogens with zero attached hydrogens (tertiary/aromatic N) is 2. The van der Waals surface area contributed by atoms with E-state index in [-0.39, 0.29) is 0 Å². The summed E-state index contributed by atoms with van der Waals surface area (Å²) in [4.78, 5) is 7.99. The van der Waals surface area contributed by atoms with Gasteiger partial charge in [-0.2, -0.15) is 5.26 Å². The number of nitriles is 1. The van der Waals surface area contributed by atoms with E-state index in [4.69, 9.17) is 5.26 Å². The highest BCUT2D eigenvalue weighted by atomic mass is 32.1. The number of aromatic nitrogens is 2. The number of thiazole rings is 1. The molecule has 64 valence electrons. The van der Waals surface area contributed by atoms with Crippen LogP contribution in [0.5, 0.6) is 0 Å². The predicted octanol–water partition coefficient (Wildman–Crippen LogP) is 2.32. The SMILES string of the molecule is Cc1nc(-c2ccc[nH]2)c(C#N)s1. The molecule has 0 saturated heterocycles. The molecule has 13 heavy (non-hydrogen) atoms. The summed E-state index contributed by atoms with van der Waals surface area (Å²) in [6.07, 6.45) is 1.82. The summed E-state index contributed by atoms with van der Waals surface area (Å²) in [6, 6.07) is 5.95. The molecule has 0 aromatic carbocycles. The summed E-state index contributed by atoms with van der Waals surface area (Å²) < 4.78 is 0. The third kappa shape index (κ3) is 1.34. The van der Waals surface area contributed by atoms with Crippen molar-refractivity contribution in [2.45, 2.75) is 6.92 Å². The van der Waals surface area contributed by atoms with Gasteiger partial charge in [0.15, 0.2) is 0 Å². The predicted molar refractivity (Wildman–Crippen MR) is 51.4 cm³/mol. The summed E-state index contributed by atoms with van der Waals surface area (Å²) in [5.41, 5.74) is 1.66. The first-order chi connectivity index (χ1) is 6.31. The molecule has 1 N–H and O–H groups in total. The molecule has 0 saturated carbocycles. The van der Waals surface area contributed by atoms with Crippen LogP contribution < -0.4 is 0 Å². The van der Waals surface area contributed by atoms with E-state index in [9.17, 15) is 0 Å². The zero-order chi connectivity index (χ0) is 9.26. The van der Waals surface area contributed by atoms with Crippen LogP contribution in [0.2, 0.25) is 0 Å². The van der Waals surface area contributed by atoms with E-state index in [1.165, 1.54) is 11.3 Å². The minimum atomic E-state index is 0.667. The Morgan fingerprint density at radius 1 is 1.62 bits per heavy atom. The molecule has 2 aromatic rings. The molecule has 0 bridgehead atoms. The van der Waals surface area contributed by atoms with E-state index in [1.54, 1.807) is 0 Å². The van der Waals surface area contributed by atoms with Crippen LogP contribution in [-0.2, 0) is 0 Å². The van der Waals surface area contributed by atoms with Crippen LogP contribution in [0.25, 0.3) is 11.4 Å². The molecule has 0 fully saturated rings. The van der Waals surface area contributed by atoms with Crippen molar-refractivity contribution >= 4 is 11.3 Å². The Bertz CT molecular complexity index is 448. The van der Waals surface area contributed by atoms with Crippen LogP contribution in [0.1, 0.15) is 9.88 Å². The van der Waals surface area contributed by atoms with Crippen molar-refractivity contribution in [2.75, 3.05) is 0 Å². The molecule has 0 aliphatic rings. The molecule has 0 atom stereocenters. The van der Waals surface area contributed by atoms with E-state index >= 15 is 0 Å². The highest BCUT2D eigenvalue weighted by molar-refractivity contribution is 7.12. The molecule has 0 spiro atoms. The van der Waals surface area contributed by atoms with Gasteiger partial charge in [0, 0.05) is 6.20 Å². The summed E-state index contributed by atoms with van der Waals surface area (Å²) in [6.45, 7) is 1.90. The second-order valence-corrected chi connectivity index (χ2v) is 3.81. The van der Waals surface area contributed by atoms with Gasteiger partial charge in [0.2, 0.25) is 0 Å². The van der Waals surface area contributed by atoms with E-state index < -0.39 is 0 Å². The largest absolute Gasteiger partial charge is 0.360 e. The molecule has 0 amide bonds. The molecule has 0 radical (unpaired) electrons. The maximum absolute atomic E-state index is 8.84. The molecule has 2 aromatic heterocycles. The smallest absolute Gasteiger partial charge is 0.134 e. The first-order valence-electron chi connectivity index (χ1n) is 3.82. The van der Waals surface area contributed by atoms with Gasteiger partial charge >= 0.3 is 0 Å². The molecule has 2 heterocycles. The fraction of sp³-hybridized carbons (Fsp3) is 0.111. The number of aryl methyl sites for hydroxylation is 1. The van der Waals surface area contributed by atoms with Gasteiger partial charge in [0.05, 0.1) is 10.7 Å². The number of aromatic amines is 1. The molecule has 4 heteroatoms. The van der Waals surface area contributed by atoms with Crippen LogP contribution in [0.15, 0.2) is 18.3 Å². The van der Waals surface area contributed by atoms with Crippen LogP contribution >= 0.6 is 11.3 Å². The fourth-order valence-corrected chi connectivity index (χ4v) is 1.89. The zero-order valence-corrected chi connectivity index (χ0v) is 7.85. The summed E-state index contributed by atoms with van der Waals surface area (Å²) in [5, 5.41) is 9.75. The van der Waals surface area contributed by atoms with Gasteiger partial charge in [-0.05, 0) is 19.1 Å². The Balaban J connectivity index is 2.59. The lowest BCUT2D eigenvalue weighted by Crippen LogP contribution is -1.80. The Morgan fingerprint density at radius 3 is 3.08 bits per heavy atom. The van der Waals surface area contributed by atoms with Crippen molar-refractivity contribution < 1.29 is 0 Å². The summed E-state index contributed by atoms with van der Waals surface area (Å²) in [7, 11) is 0. The second kappa shape index (κ2) is 3.04. The van der Waals surface area contributed by atoms with Crippen molar-refractivity contribution in [2.24, 2.45) is 0 Å². The van der Waals surface area contributed by atoms with E-state index in [0.29, 0.717) is 4.88 Å². The standard InChI is InChI=1S/C9H7N3S/c1-6-12-9(8(5-10)13-6)7-3-2-4-11-7/h2-4,11H,1H3. The maximum Gasteiger partial charge on any atom is 0.134 e. The third-order valence-electron chi connectivity index (χ3n) is 1.69. The molecule has 0 aliphatic carbocycles. The molecule has 0 unspecified atom stereocenters. The van der Waals surface area contributed by atoms with Crippen molar-refractivity contribution in [3.63, 3.8) is 0 Å². The van der Waals surface area contributed by atoms with Gasteiger partial charge in [0.25, 0.3) is 0 Å². The highest BCUT2D eigenvalue weighted by Crippen LogP contribution is 2.25. The first kappa shape index (κ1) is 8.02. The van der Waals surface area contributed by atoms with Gasteiger partial charge in [-0.15, -0.1) is 11.3 Å². The van der Waals surface area contributed by atoms with Crippen molar-refractivity contribution in [1.29, 1.82) is 5.26 Å². The number of hydrogen-bond donors (Lipinski definition) is 1. The van der Waals surface area contributed by atoms with E-state index in [0.717, 1.165) is 16.4 Å². The van der Waals surface area contributed by atoms with Crippen LogP contribution in [-0.4, -0.2) is 9.97 Å². The number of rotatable bonds is 1. The second-order valence-electron chi connectivity index (χ2n) is 2.61. The van der Waals surface area contributed by atoms with E-state index in [1.807, 2.05) is 25.3 Å². The van der Waals surface area contributed by atoms with Gasteiger partial charge in [-0.3, -0.25) is 0 Å². The van der Waals surface area contributed by atoms with Crippen molar-refractivity contribution in [3.8, 4) is 17.5 Å². The van der Waals surface area contributed by atoms with Gasteiger partial charge in [-0.1, -0.05) is 0 Å². The zero-order valence-electron chi connectivity index (χ0n) is 7.03. The van der Waals surface area contributed by atoms with Gasteiger partial charge in [0.1, 0.15) is 16.6 Å². The average Bonchev–Trinajstić information content (AvgIpc) is 2.71. The van der Waals surface area contributed by atoms with Gasteiger partial charge < -0.3 is 4.98 Å². The Kier molecular flexibility index (Phi) is 1.87. The molecule has 0 aliphatic heterocycles. The first-order valence-corrected chi connectivity index (χ1v) is 4.64. The highest BCUT2D eigenvalue weighted by Gasteiger charge is 2.10. The fourth-order valence-electron chi connectivity index (χ4n) is 1.16. The molecule has 3 nitrogen and oxygen atoms in total. The quantitative estimate of drug-likeness (QED) is 0.748. The Morgan fingerprint density at radius 2 is 2.46 bits per heavy atom. The lowest BCUT2D eigenvalue weighted by molar-refractivity contribution is 1.26. The van der Waals surface area contributed by atoms with E-state index in [2.05, 4.69) is 16.0 Å². The minimum Gasteiger partial charge on any atom is -0.360 e. The summed E-state index contributed by atoms with van der Waals surface area (Å²) in [5.74, 6) is 0. The number of hydrogen-bond acceptors (Lipinski definition) is 3. The monoisotopic (exact) mass is 189 g/mol. The third-order valence-corrected chi connectivity index (χ3v) is 2.56. The van der Waals surface area contributed by atoms with Gasteiger partial charge in [-0.25, -0.2) is 4.98 Å². The lowest BCUT2D eigenvalue weighted by atomic mass is 10.3.